The predicted molar refractivity (Wildman–Crippen MR) is 85.1 cm³/mol. The Morgan fingerprint density at radius 3 is 2.55 bits per heavy atom. The van der Waals surface area contributed by atoms with E-state index in [0.29, 0.717) is 0 Å². The molecule has 112 valence electrons. The molecule has 0 saturated carbocycles. The molecule has 0 radical (unpaired) electrons. The highest BCUT2D eigenvalue weighted by Gasteiger charge is 2.20. The largest absolute Gasteiger partial charge is 0.493 e. The molecule has 20 heavy (non-hydrogen) atoms. The minimum Gasteiger partial charge on any atom is -0.493 e. The second-order valence-corrected chi connectivity index (χ2v) is 7.24. The van der Waals surface area contributed by atoms with Crippen LogP contribution < -0.4 is 9.64 Å². The fourth-order valence-electron chi connectivity index (χ4n) is 2.84. The Balaban J connectivity index is 1.88. The van der Waals surface area contributed by atoms with Gasteiger partial charge in [0.1, 0.15) is 5.75 Å². The maximum absolute atomic E-state index is 6.11. The van der Waals surface area contributed by atoms with Gasteiger partial charge in [-0.25, -0.2) is 0 Å². The number of rotatable bonds is 5. The van der Waals surface area contributed by atoms with Gasteiger partial charge in [-0.05, 0) is 23.6 Å². The van der Waals surface area contributed by atoms with Crippen molar-refractivity contribution in [3.05, 3.63) is 28.8 Å². The first-order chi connectivity index (χ1) is 9.47. The first kappa shape index (κ1) is 15.7. The molecule has 0 aliphatic carbocycles. The van der Waals surface area contributed by atoms with E-state index in [1.54, 1.807) is 4.90 Å². The molecule has 2 rings (SSSR count). The SMILES string of the molecule is CC(C)(C)c1cc(Cl)ccc1OCCC[NH+]1CCCC1. The second kappa shape index (κ2) is 6.82. The molecule has 1 saturated heterocycles. The molecule has 2 nitrogen and oxygen atoms in total. The Morgan fingerprint density at radius 2 is 1.90 bits per heavy atom. The minimum atomic E-state index is 0.0560. The normalized spacial score (nSPS) is 16.6. The fourth-order valence-corrected chi connectivity index (χ4v) is 3.02. The maximum Gasteiger partial charge on any atom is 0.123 e. The molecule has 1 heterocycles. The van der Waals surface area contributed by atoms with Crippen LogP contribution in [0, 0.1) is 0 Å². The summed E-state index contributed by atoms with van der Waals surface area (Å²) in [7, 11) is 0. The Hall–Kier alpha value is -0.730. The van der Waals surface area contributed by atoms with E-state index in [1.165, 1.54) is 38.0 Å². The van der Waals surface area contributed by atoms with Crippen LogP contribution in [0.5, 0.6) is 5.75 Å². The van der Waals surface area contributed by atoms with Gasteiger partial charge in [0.25, 0.3) is 0 Å². The zero-order valence-electron chi connectivity index (χ0n) is 13.0. The van der Waals surface area contributed by atoms with E-state index in [2.05, 4.69) is 20.8 Å². The third-order valence-corrected chi connectivity index (χ3v) is 4.23. The molecule has 1 aromatic rings. The van der Waals surface area contributed by atoms with Crippen molar-refractivity contribution in [2.45, 2.75) is 45.4 Å². The lowest BCUT2D eigenvalue weighted by molar-refractivity contribution is -0.887. The summed E-state index contributed by atoms with van der Waals surface area (Å²) in [6, 6.07) is 5.95. The summed E-state index contributed by atoms with van der Waals surface area (Å²) < 4.78 is 6.01. The van der Waals surface area contributed by atoms with Crippen LogP contribution in [-0.2, 0) is 5.41 Å². The molecule has 1 aliphatic heterocycles. The summed E-state index contributed by atoms with van der Waals surface area (Å²) in [5.41, 5.74) is 1.25. The van der Waals surface area contributed by atoms with Crippen molar-refractivity contribution in [1.82, 2.24) is 0 Å². The lowest BCUT2D eigenvalue weighted by Crippen LogP contribution is -3.10. The third kappa shape index (κ3) is 4.39. The summed E-state index contributed by atoms with van der Waals surface area (Å²) >= 11 is 6.11. The first-order valence-electron chi connectivity index (χ1n) is 7.73. The molecule has 1 fully saturated rings. The van der Waals surface area contributed by atoms with E-state index < -0.39 is 0 Å². The molecule has 0 spiro atoms. The number of hydrogen-bond donors (Lipinski definition) is 1. The lowest BCUT2D eigenvalue weighted by Gasteiger charge is -2.23. The third-order valence-electron chi connectivity index (χ3n) is 3.99. The van der Waals surface area contributed by atoms with E-state index >= 15 is 0 Å². The smallest absolute Gasteiger partial charge is 0.123 e. The van der Waals surface area contributed by atoms with Crippen molar-refractivity contribution in [1.29, 1.82) is 0 Å². The quantitative estimate of drug-likeness (QED) is 0.825. The number of ether oxygens (including phenoxy) is 1. The highest BCUT2D eigenvalue weighted by atomic mass is 35.5. The van der Waals surface area contributed by atoms with Crippen molar-refractivity contribution in [2.75, 3.05) is 26.2 Å². The summed E-state index contributed by atoms with van der Waals surface area (Å²) in [6.45, 7) is 11.3. The Kier molecular flexibility index (Phi) is 5.34. The molecule has 0 atom stereocenters. The number of quaternary nitrogens is 1. The van der Waals surface area contributed by atoms with Gasteiger partial charge in [-0.3, -0.25) is 0 Å². The van der Waals surface area contributed by atoms with Gasteiger partial charge >= 0.3 is 0 Å². The Labute approximate surface area is 128 Å². The highest BCUT2D eigenvalue weighted by Crippen LogP contribution is 2.33. The average Bonchev–Trinajstić information content (AvgIpc) is 2.88. The van der Waals surface area contributed by atoms with Crippen LogP contribution >= 0.6 is 11.6 Å². The molecular formula is C17H27ClNO+. The second-order valence-electron chi connectivity index (χ2n) is 6.80. The van der Waals surface area contributed by atoms with Crippen LogP contribution in [0.4, 0.5) is 0 Å². The van der Waals surface area contributed by atoms with E-state index in [9.17, 15) is 0 Å². The van der Waals surface area contributed by atoms with Crippen molar-refractivity contribution in [2.24, 2.45) is 0 Å². The Bertz CT molecular complexity index is 433. The number of hydrogen-bond acceptors (Lipinski definition) is 1. The van der Waals surface area contributed by atoms with Crippen molar-refractivity contribution < 1.29 is 9.64 Å². The molecule has 1 aromatic carbocycles. The molecule has 1 aliphatic rings. The maximum atomic E-state index is 6.11. The summed E-state index contributed by atoms with van der Waals surface area (Å²) in [5, 5.41) is 0.781. The molecular weight excluding hydrogens is 270 g/mol. The monoisotopic (exact) mass is 296 g/mol. The number of nitrogens with one attached hydrogen (secondary N) is 1. The molecule has 0 unspecified atom stereocenters. The van der Waals surface area contributed by atoms with Crippen LogP contribution in [0.2, 0.25) is 5.02 Å². The molecule has 0 bridgehead atoms. The Morgan fingerprint density at radius 1 is 1.20 bits per heavy atom. The van der Waals surface area contributed by atoms with Gasteiger partial charge in [-0.15, -0.1) is 0 Å². The van der Waals surface area contributed by atoms with Gasteiger partial charge in [-0.2, -0.15) is 0 Å². The first-order valence-corrected chi connectivity index (χ1v) is 8.11. The van der Waals surface area contributed by atoms with Crippen molar-refractivity contribution >= 4 is 11.6 Å². The van der Waals surface area contributed by atoms with Gasteiger partial charge in [0.15, 0.2) is 0 Å². The number of likely N-dealkylation sites (tertiary alicyclic amines) is 1. The molecule has 0 aromatic heterocycles. The number of benzene rings is 1. The van der Waals surface area contributed by atoms with Gasteiger partial charge in [0, 0.05) is 29.8 Å². The average molecular weight is 297 g/mol. The van der Waals surface area contributed by atoms with Gasteiger partial charge in [0.2, 0.25) is 0 Å². The summed E-state index contributed by atoms with van der Waals surface area (Å²) in [4.78, 5) is 1.74. The van der Waals surface area contributed by atoms with Crippen LogP contribution in [0.25, 0.3) is 0 Å². The summed E-state index contributed by atoms with van der Waals surface area (Å²) in [6.07, 6.45) is 3.91. The van der Waals surface area contributed by atoms with E-state index in [4.69, 9.17) is 16.3 Å². The van der Waals surface area contributed by atoms with Crippen LogP contribution in [0.3, 0.4) is 0 Å². The van der Waals surface area contributed by atoms with E-state index in [0.717, 1.165) is 23.8 Å². The van der Waals surface area contributed by atoms with Gasteiger partial charge in [-0.1, -0.05) is 32.4 Å². The van der Waals surface area contributed by atoms with Crippen molar-refractivity contribution in [3.8, 4) is 5.75 Å². The zero-order chi connectivity index (χ0) is 14.6. The molecule has 0 amide bonds. The van der Waals surface area contributed by atoms with Gasteiger partial charge < -0.3 is 9.64 Å². The minimum absolute atomic E-state index is 0.0560. The van der Waals surface area contributed by atoms with E-state index in [-0.39, 0.29) is 5.41 Å². The molecule has 3 heteroatoms. The standard InChI is InChI=1S/C17H26ClNO/c1-17(2,3)15-13-14(18)7-8-16(15)20-12-6-11-19-9-4-5-10-19/h7-8,13H,4-6,9-12H2,1-3H3/p+1. The topological polar surface area (TPSA) is 13.7 Å². The fraction of sp³-hybridized carbons (Fsp3) is 0.647. The zero-order valence-corrected chi connectivity index (χ0v) is 13.7. The van der Waals surface area contributed by atoms with Crippen LogP contribution in [0.1, 0.15) is 45.6 Å². The highest BCUT2D eigenvalue weighted by molar-refractivity contribution is 6.30. The lowest BCUT2D eigenvalue weighted by atomic mass is 9.86. The number of halogens is 1. The van der Waals surface area contributed by atoms with E-state index in [1.807, 2.05) is 18.2 Å². The van der Waals surface area contributed by atoms with Crippen molar-refractivity contribution in [3.63, 3.8) is 0 Å². The van der Waals surface area contributed by atoms with Crippen LogP contribution in [-0.4, -0.2) is 26.2 Å². The summed E-state index contributed by atoms with van der Waals surface area (Å²) in [5.74, 6) is 0.985. The molecule has 1 N–H and O–H groups in total. The van der Waals surface area contributed by atoms with Gasteiger partial charge in [0.05, 0.1) is 26.2 Å². The predicted octanol–water partition coefficient (Wildman–Crippen LogP) is 3.09. The van der Waals surface area contributed by atoms with Crippen LogP contribution in [0.15, 0.2) is 18.2 Å².